The highest BCUT2D eigenvalue weighted by Gasteiger charge is 2.35. The molecule has 1 aromatic heterocycles. The summed E-state index contributed by atoms with van der Waals surface area (Å²) in [6.45, 7) is 3.31. The Balaban J connectivity index is 1.40. The van der Waals surface area contributed by atoms with E-state index in [1.807, 2.05) is 24.3 Å². The van der Waals surface area contributed by atoms with Crippen molar-refractivity contribution in [2.45, 2.75) is 28.0 Å². The highest BCUT2D eigenvalue weighted by Crippen LogP contribution is 2.34. The number of benzene rings is 1. The lowest BCUT2D eigenvalue weighted by Gasteiger charge is -2.44. The molecule has 3 fully saturated rings. The van der Waals surface area contributed by atoms with Gasteiger partial charge in [0.05, 0.1) is 9.09 Å². The van der Waals surface area contributed by atoms with Crippen LogP contribution in [0.4, 0.5) is 0 Å². The number of carbonyl (C=O) groups is 2. The molecule has 0 unspecified atom stereocenters. The summed E-state index contributed by atoms with van der Waals surface area (Å²) in [5.74, 6) is 0.206. The number of primary amides is 1. The van der Waals surface area contributed by atoms with Crippen LogP contribution in [-0.4, -0.2) is 42.4 Å². The second-order valence-electron chi connectivity index (χ2n) is 6.83. The number of hydrogen-bond donors (Lipinski definition) is 2. The first-order valence-electron chi connectivity index (χ1n) is 8.79. The number of nitrogens with two attached hydrogens (primary N) is 1. The maximum absolute atomic E-state index is 12.6. The molecule has 3 aliphatic heterocycles. The fourth-order valence-electron chi connectivity index (χ4n) is 3.69. The Morgan fingerprint density at radius 3 is 2.69 bits per heavy atom. The smallest absolute Gasteiger partial charge is 0.261 e. The third kappa shape index (κ3) is 3.79. The molecule has 0 spiro atoms. The summed E-state index contributed by atoms with van der Waals surface area (Å²) in [5.41, 5.74) is 5.82. The number of nitrogens with zero attached hydrogens (tertiary/aromatic N) is 1. The van der Waals surface area contributed by atoms with Gasteiger partial charge in [0.25, 0.3) is 5.91 Å². The monoisotopic (exact) mass is 387 g/mol. The number of hydrogen-bond acceptors (Lipinski definition) is 5. The fourth-order valence-corrected chi connectivity index (χ4v) is 5.76. The quantitative estimate of drug-likeness (QED) is 0.827. The molecule has 136 valence electrons. The van der Waals surface area contributed by atoms with E-state index in [0.29, 0.717) is 11.5 Å². The van der Waals surface area contributed by atoms with E-state index in [0.717, 1.165) is 20.5 Å². The van der Waals surface area contributed by atoms with E-state index in [1.54, 1.807) is 12.1 Å². The summed E-state index contributed by atoms with van der Waals surface area (Å²) in [5, 5.41) is 3.23. The highest BCUT2D eigenvalue weighted by atomic mass is 32.2. The van der Waals surface area contributed by atoms with Gasteiger partial charge in [-0.2, -0.15) is 0 Å². The zero-order valence-corrected chi connectivity index (χ0v) is 15.9. The Morgan fingerprint density at radius 1 is 1.19 bits per heavy atom. The second-order valence-corrected chi connectivity index (χ2v) is 9.29. The molecule has 0 radical (unpaired) electrons. The van der Waals surface area contributed by atoms with Gasteiger partial charge in [-0.3, -0.25) is 9.59 Å². The molecular formula is C19H21N3O2S2. The van der Waals surface area contributed by atoms with E-state index in [9.17, 15) is 9.59 Å². The van der Waals surface area contributed by atoms with Crippen LogP contribution in [0.15, 0.2) is 45.5 Å². The number of fused-ring (bicyclic) bond motifs is 3. The van der Waals surface area contributed by atoms with Crippen molar-refractivity contribution >= 4 is 34.9 Å². The van der Waals surface area contributed by atoms with Gasteiger partial charge in [0.15, 0.2) is 0 Å². The molecule has 7 heteroatoms. The van der Waals surface area contributed by atoms with Gasteiger partial charge in [-0.1, -0.05) is 17.8 Å². The van der Waals surface area contributed by atoms with Crippen molar-refractivity contribution in [2.24, 2.45) is 11.7 Å². The van der Waals surface area contributed by atoms with Crippen molar-refractivity contribution in [2.75, 3.05) is 19.6 Å². The topological polar surface area (TPSA) is 75.4 Å². The number of rotatable bonds is 5. The van der Waals surface area contributed by atoms with Crippen molar-refractivity contribution in [3.8, 4) is 0 Å². The Hall–Kier alpha value is -1.83. The molecule has 1 aromatic carbocycles. The van der Waals surface area contributed by atoms with E-state index in [1.165, 1.54) is 49.0 Å². The molecule has 2 aromatic rings. The average Bonchev–Trinajstić information content (AvgIpc) is 3.11. The predicted octanol–water partition coefficient (Wildman–Crippen LogP) is 2.82. The van der Waals surface area contributed by atoms with Crippen LogP contribution in [0.2, 0.25) is 0 Å². The summed E-state index contributed by atoms with van der Waals surface area (Å²) < 4.78 is 1.02. The molecule has 3 aliphatic rings. The van der Waals surface area contributed by atoms with Crippen molar-refractivity contribution in [3.63, 3.8) is 0 Å². The molecule has 5 rings (SSSR count). The highest BCUT2D eigenvalue weighted by molar-refractivity contribution is 8.01. The zero-order chi connectivity index (χ0) is 18.1. The Morgan fingerprint density at radius 2 is 2.00 bits per heavy atom. The Kier molecular flexibility index (Phi) is 5.02. The molecule has 5 nitrogen and oxygen atoms in total. The van der Waals surface area contributed by atoms with Gasteiger partial charge in [-0.15, -0.1) is 11.3 Å². The van der Waals surface area contributed by atoms with E-state index >= 15 is 0 Å². The Labute approximate surface area is 160 Å². The van der Waals surface area contributed by atoms with Crippen LogP contribution in [-0.2, 0) is 0 Å². The number of carbonyl (C=O) groups excluding carboxylic acids is 2. The van der Waals surface area contributed by atoms with Crippen LogP contribution in [0.5, 0.6) is 0 Å². The van der Waals surface area contributed by atoms with Crippen LogP contribution in [0.1, 0.15) is 32.9 Å². The summed E-state index contributed by atoms with van der Waals surface area (Å²) in [6.07, 6.45) is 2.37. The van der Waals surface area contributed by atoms with Crippen LogP contribution in [0.25, 0.3) is 0 Å². The summed E-state index contributed by atoms with van der Waals surface area (Å²) in [4.78, 5) is 28.0. The summed E-state index contributed by atoms with van der Waals surface area (Å²) in [7, 11) is 0. The van der Waals surface area contributed by atoms with Crippen LogP contribution < -0.4 is 11.1 Å². The second kappa shape index (κ2) is 7.42. The van der Waals surface area contributed by atoms with E-state index in [-0.39, 0.29) is 11.9 Å². The van der Waals surface area contributed by atoms with Gasteiger partial charge < -0.3 is 16.0 Å². The molecule has 26 heavy (non-hydrogen) atoms. The molecule has 2 bridgehead atoms. The average molecular weight is 388 g/mol. The van der Waals surface area contributed by atoms with Crippen LogP contribution in [0, 0.1) is 5.92 Å². The molecular weight excluding hydrogens is 366 g/mol. The minimum atomic E-state index is -0.434. The van der Waals surface area contributed by atoms with Gasteiger partial charge >= 0.3 is 0 Å². The first-order chi connectivity index (χ1) is 12.6. The number of thiophene rings is 1. The van der Waals surface area contributed by atoms with Crippen LogP contribution in [0.3, 0.4) is 0 Å². The summed E-state index contributed by atoms with van der Waals surface area (Å²) >= 11 is 3.02. The van der Waals surface area contributed by atoms with E-state index < -0.39 is 5.91 Å². The van der Waals surface area contributed by atoms with Crippen molar-refractivity contribution in [1.82, 2.24) is 10.2 Å². The molecule has 4 heterocycles. The first kappa shape index (κ1) is 17.6. The SMILES string of the molecule is NC(=O)c1cccc(Sc2ccc(C(=O)N[C@H]3CN4CCC3CC4)s2)c1. The predicted molar refractivity (Wildman–Crippen MR) is 104 cm³/mol. The van der Waals surface area contributed by atoms with Gasteiger partial charge in [0, 0.05) is 23.0 Å². The van der Waals surface area contributed by atoms with Gasteiger partial charge in [0.2, 0.25) is 5.91 Å². The normalized spacial score (nSPS) is 24.4. The maximum Gasteiger partial charge on any atom is 0.261 e. The van der Waals surface area contributed by atoms with E-state index in [4.69, 9.17) is 5.73 Å². The lowest BCUT2D eigenvalue weighted by molar-refractivity contribution is 0.0622. The zero-order valence-electron chi connectivity index (χ0n) is 14.3. The van der Waals surface area contributed by atoms with Crippen molar-refractivity contribution in [3.05, 3.63) is 46.8 Å². The molecule has 3 saturated heterocycles. The van der Waals surface area contributed by atoms with E-state index in [2.05, 4.69) is 10.2 Å². The number of piperidine rings is 3. The standard InChI is InChI=1S/C19H21N3O2S2/c20-18(23)13-2-1-3-14(10-13)25-17-5-4-16(26-17)19(24)21-15-11-22-8-6-12(15)7-9-22/h1-5,10,12,15H,6-9,11H2,(H2,20,23)(H,21,24)/t15-/m0/s1. The van der Waals surface area contributed by atoms with Gasteiger partial charge in [-0.05, 0) is 62.2 Å². The minimum Gasteiger partial charge on any atom is -0.366 e. The third-order valence-corrected chi connectivity index (χ3v) is 7.32. The first-order valence-corrected chi connectivity index (χ1v) is 10.4. The van der Waals surface area contributed by atoms with Crippen LogP contribution >= 0.6 is 23.1 Å². The van der Waals surface area contributed by atoms with Gasteiger partial charge in [0.1, 0.15) is 0 Å². The molecule has 0 saturated carbocycles. The lowest BCUT2D eigenvalue weighted by Crippen LogP contribution is -2.57. The fraction of sp³-hybridized carbons (Fsp3) is 0.368. The van der Waals surface area contributed by atoms with Gasteiger partial charge in [-0.25, -0.2) is 0 Å². The molecule has 3 N–H and O–H groups in total. The third-order valence-electron chi connectivity index (χ3n) is 5.11. The number of amides is 2. The largest absolute Gasteiger partial charge is 0.366 e. The van der Waals surface area contributed by atoms with Crippen molar-refractivity contribution < 1.29 is 9.59 Å². The number of nitrogens with one attached hydrogen (secondary N) is 1. The van der Waals surface area contributed by atoms with Crippen molar-refractivity contribution in [1.29, 1.82) is 0 Å². The molecule has 0 aliphatic carbocycles. The maximum atomic E-state index is 12.6. The summed E-state index contributed by atoms with van der Waals surface area (Å²) in [6, 6.07) is 11.3. The molecule has 2 amide bonds. The Bertz CT molecular complexity index is 828. The molecule has 1 atom stereocenters. The lowest BCUT2D eigenvalue weighted by atomic mass is 9.84. The minimum absolute atomic E-state index is 0.0199.